The number of carbonyl (C=O) groups is 1. The summed E-state index contributed by atoms with van der Waals surface area (Å²) in [6.45, 7) is 9.69. The van der Waals surface area contributed by atoms with Gasteiger partial charge in [0.1, 0.15) is 0 Å². The van der Waals surface area contributed by atoms with Crippen LogP contribution in [-0.4, -0.2) is 67.6 Å². The molecule has 1 fully saturated rings. The lowest BCUT2D eigenvalue weighted by atomic mass is 10.1. The molecular formula is C18H33Cl3N4O. The monoisotopic (exact) mass is 426 g/mol. The molecule has 1 saturated heterocycles. The van der Waals surface area contributed by atoms with E-state index in [9.17, 15) is 4.79 Å². The normalized spacial score (nSPS) is 15.8. The maximum Gasteiger partial charge on any atom is 0.237 e. The molecule has 1 unspecified atom stereocenters. The van der Waals surface area contributed by atoms with Gasteiger partial charge < -0.3 is 20.9 Å². The highest BCUT2D eigenvalue weighted by Crippen LogP contribution is 2.03. The Bertz CT molecular complexity index is 471. The maximum absolute atomic E-state index is 12.0. The minimum Gasteiger partial charge on any atom is -0.355 e. The fourth-order valence-electron chi connectivity index (χ4n) is 2.94. The molecule has 0 spiro atoms. The van der Waals surface area contributed by atoms with Crippen LogP contribution < -0.4 is 11.1 Å². The van der Waals surface area contributed by atoms with Crippen molar-refractivity contribution in [1.82, 2.24) is 15.1 Å². The summed E-state index contributed by atoms with van der Waals surface area (Å²) in [4.78, 5) is 17.0. The quantitative estimate of drug-likeness (QED) is 0.623. The number of amides is 1. The third-order valence-corrected chi connectivity index (χ3v) is 4.50. The number of hydrogen-bond acceptors (Lipinski definition) is 4. The molecule has 1 atom stereocenters. The molecule has 3 N–H and O–H groups in total. The molecule has 1 aliphatic rings. The van der Waals surface area contributed by atoms with Crippen LogP contribution >= 0.6 is 37.2 Å². The van der Waals surface area contributed by atoms with Gasteiger partial charge in [0.05, 0.1) is 6.04 Å². The SMILES string of the molecule is CCN1CCN(CCCNC(=O)C(N)Cc2ccccc2)CC1.Cl.Cl.Cl. The second-order valence-electron chi connectivity index (χ2n) is 6.22. The first-order chi connectivity index (χ1) is 11.2. The molecule has 152 valence electrons. The van der Waals surface area contributed by atoms with Gasteiger partial charge in [0.25, 0.3) is 0 Å². The molecule has 8 heteroatoms. The lowest BCUT2D eigenvalue weighted by Crippen LogP contribution is -2.47. The Balaban J connectivity index is 0. The van der Waals surface area contributed by atoms with Crippen LogP contribution in [0.15, 0.2) is 30.3 Å². The van der Waals surface area contributed by atoms with Crippen molar-refractivity contribution in [3.63, 3.8) is 0 Å². The molecule has 1 aliphatic heterocycles. The van der Waals surface area contributed by atoms with E-state index in [0.717, 1.165) is 51.3 Å². The van der Waals surface area contributed by atoms with Crippen molar-refractivity contribution in [2.75, 3.05) is 45.8 Å². The van der Waals surface area contributed by atoms with Gasteiger partial charge in [-0.2, -0.15) is 0 Å². The van der Waals surface area contributed by atoms with Crippen LogP contribution in [0.2, 0.25) is 0 Å². The summed E-state index contributed by atoms with van der Waals surface area (Å²) in [6.07, 6.45) is 1.57. The Morgan fingerprint density at radius 2 is 1.65 bits per heavy atom. The van der Waals surface area contributed by atoms with Crippen LogP contribution in [0.5, 0.6) is 0 Å². The zero-order valence-corrected chi connectivity index (χ0v) is 17.9. The van der Waals surface area contributed by atoms with Gasteiger partial charge in [-0.3, -0.25) is 4.79 Å². The highest BCUT2D eigenvalue weighted by atomic mass is 35.5. The molecule has 0 aliphatic carbocycles. The van der Waals surface area contributed by atoms with E-state index in [1.165, 1.54) is 0 Å². The van der Waals surface area contributed by atoms with Gasteiger partial charge >= 0.3 is 0 Å². The summed E-state index contributed by atoms with van der Waals surface area (Å²) in [5.74, 6) is -0.0512. The minimum absolute atomic E-state index is 0. The molecule has 2 rings (SSSR count). The number of nitrogens with two attached hydrogens (primary N) is 1. The van der Waals surface area contributed by atoms with Gasteiger partial charge in [-0.25, -0.2) is 0 Å². The molecule has 1 heterocycles. The first kappa shape index (κ1) is 27.7. The second kappa shape index (κ2) is 15.5. The van der Waals surface area contributed by atoms with Crippen LogP contribution in [0.4, 0.5) is 0 Å². The molecule has 0 saturated carbocycles. The fraction of sp³-hybridized carbons (Fsp3) is 0.611. The Kier molecular flexibility index (Phi) is 16.5. The van der Waals surface area contributed by atoms with Crippen LogP contribution in [0, 0.1) is 0 Å². The first-order valence-corrected chi connectivity index (χ1v) is 8.71. The summed E-state index contributed by atoms with van der Waals surface area (Å²) < 4.78 is 0. The van der Waals surface area contributed by atoms with Crippen LogP contribution in [-0.2, 0) is 11.2 Å². The smallest absolute Gasteiger partial charge is 0.237 e. The number of rotatable bonds is 8. The number of hydrogen-bond donors (Lipinski definition) is 2. The van der Waals surface area contributed by atoms with E-state index in [-0.39, 0.29) is 43.1 Å². The fourth-order valence-corrected chi connectivity index (χ4v) is 2.94. The predicted molar refractivity (Wildman–Crippen MR) is 116 cm³/mol. The Hall–Kier alpha value is -0.560. The van der Waals surface area contributed by atoms with Crippen molar-refractivity contribution in [3.05, 3.63) is 35.9 Å². The van der Waals surface area contributed by atoms with Crippen molar-refractivity contribution in [2.24, 2.45) is 5.73 Å². The second-order valence-corrected chi connectivity index (χ2v) is 6.22. The largest absolute Gasteiger partial charge is 0.355 e. The van der Waals surface area contributed by atoms with Gasteiger partial charge in [-0.05, 0) is 31.5 Å². The Morgan fingerprint density at radius 1 is 1.08 bits per heavy atom. The van der Waals surface area contributed by atoms with Gasteiger partial charge in [-0.1, -0.05) is 37.3 Å². The van der Waals surface area contributed by atoms with Crippen molar-refractivity contribution in [3.8, 4) is 0 Å². The van der Waals surface area contributed by atoms with Crippen molar-refractivity contribution < 1.29 is 4.79 Å². The number of carbonyl (C=O) groups excluding carboxylic acids is 1. The van der Waals surface area contributed by atoms with Gasteiger partial charge in [-0.15, -0.1) is 37.2 Å². The molecule has 0 radical (unpaired) electrons. The predicted octanol–water partition coefficient (Wildman–Crippen LogP) is 1.97. The topological polar surface area (TPSA) is 61.6 Å². The van der Waals surface area contributed by atoms with Crippen LogP contribution in [0.3, 0.4) is 0 Å². The summed E-state index contributed by atoms with van der Waals surface area (Å²) in [5, 5.41) is 2.96. The van der Waals surface area contributed by atoms with E-state index in [2.05, 4.69) is 22.0 Å². The molecule has 0 bridgehead atoms. The molecule has 0 aromatic heterocycles. The molecule has 1 aromatic rings. The lowest BCUT2D eigenvalue weighted by molar-refractivity contribution is -0.122. The highest BCUT2D eigenvalue weighted by molar-refractivity contribution is 5.86. The summed E-state index contributed by atoms with van der Waals surface area (Å²) in [5.41, 5.74) is 7.08. The number of nitrogens with zero attached hydrogens (tertiary/aromatic N) is 2. The number of likely N-dealkylation sites (N-methyl/N-ethyl adjacent to an activating group) is 1. The molecule has 26 heavy (non-hydrogen) atoms. The summed E-state index contributed by atoms with van der Waals surface area (Å²) in [7, 11) is 0. The average Bonchev–Trinajstić information content (AvgIpc) is 2.60. The molecular weight excluding hydrogens is 395 g/mol. The van der Waals surface area contributed by atoms with E-state index >= 15 is 0 Å². The first-order valence-electron chi connectivity index (χ1n) is 8.71. The Labute approximate surface area is 176 Å². The molecule has 1 aromatic carbocycles. The third-order valence-electron chi connectivity index (χ3n) is 4.50. The maximum atomic E-state index is 12.0. The highest BCUT2D eigenvalue weighted by Gasteiger charge is 2.16. The van der Waals surface area contributed by atoms with E-state index in [1.54, 1.807) is 0 Å². The van der Waals surface area contributed by atoms with Crippen molar-refractivity contribution in [2.45, 2.75) is 25.8 Å². The van der Waals surface area contributed by atoms with Gasteiger partial charge in [0.2, 0.25) is 5.91 Å². The Morgan fingerprint density at radius 3 is 2.23 bits per heavy atom. The number of halogens is 3. The van der Waals surface area contributed by atoms with Crippen LogP contribution in [0.1, 0.15) is 18.9 Å². The number of piperazine rings is 1. The third kappa shape index (κ3) is 9.95. The van der Waals surface area contributed by atoms with E-state index in [0.29, 0.717) is 13.0 Å². The molecule has 5 nitrogen and oxygen atoms in total. The zero-order valence-electron chi connectivity index (χ0n) is 15.4. The van der Waals surface area contributed by atoms with Crippen molar-refractivity contribution >= 4 is 43.1 Å². The average molecular weight is 428 g/mol. The zero-order chi connectivity index (χ0) is 16.5. The van der Waals surface area contributed by atoms with Gasteiger partial charge in [0, 0.05) is 32.7 Å². The summed E-state index contributed by atoms with van der Waals surface area (Å²) in [6, 6.07) is 9.45. The standard InChI is InChI=1S/C18H30N4O.3ClH/c1-2-21-11-13-22(14-12-21)10-6-9-20-18(23)17(19)15-16-7-4-3-5-8-16;;;/h3-5,7-8,17H,2,6,9-15,19H2,1H3,(H,20,23);3*1H. The molecule has 1 amide bonds. The lowest BCUT2D eigenvalue weighted by Gasteiger charge is -2.34. The van der Waals surface area contributed by atoms with E-state index < -0.39 is 6.04 Å². The van der Waals surface area contributed by atoms with Crippen LogP contribution in [0.25, 0.3) is 0 Å². The van der Waals surface area contributed by atoms with Crippen molar-refractivity contribution in [1.29, 1.82) is 0 Å². The van der Waals surface area contributed by atoms with E-state index in [1.807, 2.05) is 30.3 Å². The van der Waals surface area contributed by atoms with E-state index in [4.69, 9.17) is 5.73 Å². The van der Waals surface area contributed by atoms with Gasteiger partial charge in [0.15, 0.2) is 0 Å². The summed E-state index contributed by atoms with van der Waals surface area (Å²) >= 11 is 0. The number of benzene rings is 1. The minimum atomic E-state index is -0.467. The number of nitrogens with one attached hydrogen (secondary N) is 1.